The molecule has 0 unspecified atom stereocenters. The van der Waals surface area contributed by atoms with Crippen LogP contribution in [0.25, 0.3) is 0 Å². The highest BCUT2D eigenvalue weighted by atomic mass is 16.6. The van der Waals surface area contributed by atoms with Crippen molar-refractivity contribution in [3.05, 3.63) is 16.4 Å². The highest BCUT2D eigenvalue weighted by molar-refractivity contribution is 5.70. The van der Waals surface area contributed by atoms with E-state index in [0.717, 1.165) is 49.9 Å². The maximum atomic E-state index is 11.7. The second-order valence-corrected chi connectivity index (χ2v) is 8.28. The van der Waals surface area contributed by atoms with Crippen LogP contribution in [0.5, 0.6) is 0 Å². The van der Waals surface area contributed by atoms with Crippen molar-refractivity contribution in [2.45, 2.75) is 63.8 Å². The van der Waals surface area contributed by atoms with E-state index >= 15 is 0 Å². The molecule has 4 fully saturated rings. The normalized spacial score (nSPS) is 32.6. The average Bonchev–Trinajstić information content (AvgIpc) is 2.53. The summed E-state index contributed by atoms with van der Waals surface area (Å²) in [6, 6.07) is 0. The standard InChI is InChI=1S/C18H27N5O2/c1-2-3-4-19-16-15(23(24)25)17(21-11-20-16)22-18-8-12-5-13(9-18)7-14(6-12)10-18/h11-14H,2-10H2,1H3,(H2,19,20,21,22). The largest absolute Gasteiger partial charge is 0.364 e. The summed E-state index contributed by atoms with van der Waals surface area (Å²) >= 11 is 0. The van der Waals surface area contributed by atoms with Crippen molar-refractivity contribution in [3.63, 3.8) is 0 Å². The molecule has 4 aliphatic carbocycles. The summed E-state index contributed by atoms with van der Waals surface area (Å²) in [6.07, 6.45) is 10.8. The fourth-order valence-corrected chi connectivity index (χ4v) is 5.67. The summed E-state index contributed by atoms with van der Waals surface area (Å²) in [4.78, 5) is 19.7. The number of hydrogen-bond donors (Lipinski definition) is 2. The molecule has 4 bridgehead atoms. The van der Waals surface area contributed by atoms with Gasteiger partial charge in [-0.2, -0.15) is 0 Å². The number of anilines is 2. The van der Waals surface area contributed by atoms with Gasteiger partial charge in [0, 0.05) is 12.1 Å². The first-order valence-corrected chi connectivity index (χ1v) is 9.60. The van der Waals surface area contributed by atoms with Gasteiger partial charge in [0.05, 0.1) is 4.92 Å². The summed E-state index contributed by atoms with van der Waals surface area (Å²) in [5.74, 6) is 3.06. The van der Waals surface area contributed by atoms with Crippen molar-refractivity contribution in [3.8, 4) is 0 Å². The van der Waals surface area contributed by atoms with Crippen LogP contribution in [0.2, 0.25) is 0 Å². The number of nitrogens with one attached hydrogen (secondary N) is 2. The molecule has 2 N–H and O–H groups in total. The molecule has 7 heteroatoms. The Balaban J connectivity index is 1.59. The molecule has 1 heterocycles. The number of aromatic nitrogens is 2. The van der Waals surface area contributed by atoms with Gasteiger partial charge in [0.2, 0.25) is 11.6 Å². The van der Waals surface area contributed by atoms with E-state index in [1.54, 1.807) is 0 Å². The third-order valence-corrected chi connectivity index (χ3v) is 6.25. The molecule has 5 rings (SSSR count). The van der Waals surface area contributed by atoms with Crippen LogP contribution in [0.15, 0.2) is 6.33 Å². The molecule has 0 aromatic carbocycles. The molecule has 7 nitrogen and oxygen atoms in total. The predicted molar refractivity (Wildman–Crippen MR) is 96.6 cm³/mol. The van der Waals surface area contributed by atoms with Crippen LogP contribution >= 0.6 is 0 Å². The molecule has 0 atom stereocenters. The minimum Gasteiger partial charge on any atom is -0.364 e. The van der Waals surface area contributed by atoms with Crippen LogP contribution in [0.1, 0.15) is 58.3 Å². The van der Waals surface area contributed by atoms with Crippen molar-refractivity contribution in [1.29, 1.82) is 0 Å². The summed E-state index contributed by atoms with van der Waals surface area (Å²) in [7, 11) is 0. The second kappa shape index (κ2) is 6.42. The number of nitrogens with zero attached hydrogens (tertiary/aromatic N) is 3. The van der Waals surface area contributed by atoms with Crippen LogP contribution in [0.4, 0.5) is 17.3 Å². The van der Waals surface area contributed by atoms with E-state index in [0.29, 0.717) is 18.2 Å². The average molecular weight is 345 g/mol. The van der Waals surface area contributed by atoms with Crippen LogP contribution in [-0.2, 0) is 0 Å². The molecule has 0 radical (unpaired) electrons. The van der Waals surface area contributed by atoms with E-state index in [1.165, 1.54) is 25.6 Å². The maximum absolute atomic E-state index is 11.7. The van der Waals surface area contributed by atoms with Crippen LogP contribution < -0.4 is 10.6 Å². The van der Waals surface area contributed by atoms with Crippen molar-refractivity contribution >= 4 is 17.3 Å². The summed E-state index contributed by atoms with van der Waals surface area (Å²) < 4.78 is 0. The zero-order valence-corrected chi connectivity index (χ0v) is 14.8. The minimum atomic E-state index is -0.350. The molecule has 1 aromatic rings. The van der Waals surface area contributed by atoms with E-state index in [2.05, 4.69) is 27.5 Å². The SMILES string of the molecule is CCCCNc1ncnc(NC23CC4CC(CC(C4)C2)C3)c1[N+](=O)[O-]. The van der Waals surface area contributed by atoms with Gasteiger partial charge < -0.3 is 10.6 Å². The third kappa shape index (κ3) is 3.16. The Morgan fingerprint density at radius 2 is 1.76 bits per heavy atom. The molecule has 1 aromatic heterocycles. The monoisotopic (exact) mass is 345 g/mol. The second-order valence-electron chi connectivity index (χ2n) is 8.28. The first kappa shape index (κ1) is 16.5. The molecular weight excluding hydrogens is 318 g/mol. The lowest BCUT2D eigenvalue weighted by atomic mass is 9.53. The van der Waals surface area contributed by atoms with Crippen LogP contribution in [0, 0.1) is 27.9 Å². The highest BCUT2D eigenvalue weighted by Crippen LogP contribution is 2.56. The summed E-state index contributed by atoms with van der Waals surface area (Å²) in [5, 5.41) is 18.4. The van der Waals surface area contributed by atoms with E-state index in [4.69, 9.17) is 0 Å². The molecule has 0 aliphatic heterocycles. The van der Waals surface area contributed by atoms with E-state index < -0.39 is 0 Å². The van der Waals surface area contributed by atoms with Gasteiger partial charge in [-0.05, 0) is 62.7 Å². The van der Waals surface area contributed by atoms with Gasteiger partial charge in [-0.25, -0.2) is 9.97 Å². The maximum Gasteiger partial charge on any atom is 0.353 e. The van der Waals surface area contributed by atoms with Crippen molar-refractivity contribution in [2.24, 2.45) is 17.8 Å². The smallest absolute Gasteiger partial charge is 0.353 e. The Bertz CT molecular complexity index is 628. The van der Waals surface area contributed by atoms with Gasteiger partial charge in [0.15, 0.2) is 0 Å². The number of rotatable bonds is 7. The molecule has 25 heavy (non-hydrogen) atoms. The van der Waals surface area contributed by atoms with Crippen molar-refractivity contribution in [1.82, 2.24) is 9.97 Å². The quantitative estimate of drug-likeness (QED) is 0.441. The molecule has 0 saturated heterocycles. The fraction of sp³-hybridized carbons (Fsp3) is 0.778. The van der Waals surface area contributed by atoms with Crippen LogP contribution in [-0.4, -0.2) is 27.0 Å². The molecule has 136 valence electrons. The lowest BCUT2D eigenvalue weighted by molar-refractivity contribution is -0.383. The lowest BCUT2D eigenvalue weighted by Crippen LogP contribution is -2.55. The third-order valence-electron chi connectivity index (χ3n) is 6.25. The first-order valence-electron chi connectivity index (χ1n) is 9.60. The predicted octanol–water partition coefficient (Wildman–Crippen LogP) is 3.98. The molecule has 0 amide bonds. The fourth-order valence-electron chi connectivity index (χ4n) is 5.67. The zero-order valence-electron chi connectivity index (χ0n) is 14.8. The Morgan fingerprint density at radius 3 is 2.32 bits per heavy atom. The molecular formula is C18H27N5O2. The minimum absolute atomic E-state index is 0.00523. The molecule has 0 spiro atoms. The molecule has 4 aliphatic rings. The summed E-state index contributed by atoms with van der Waals surface area (Å²) in [5.41, 5.74) is -0.0106. The number of nitro groups is 1. The highest BCUT2D eigenvalue weighted by Gasteiger charge is 2.51. The zero-order chi connectivity index (χ0) is 17.4. The Hall–Kier alpha value is -1.92. The first-order chi connectivity index (χ1) is 12.1. The topological polar surface area (TPSA) is 93.0 Å². The van der Waals surface area contributed by atoms with Crippen molar-refractivity contribution < 1.29 is 4.92 Å². The van der Waals surface area contributed by atoms with E-state index in [1.807, 2.05) is 0 Å². The van der Waals surface area contributed by atoms with Crippen LogP contribution in [0.3, 0.4) is 0 Å². The van der Waals surface area contributed by atoms with Gasteiger partial charge >= 0.3 is 5.69 Å². The van der Waals surface area contributed by atoms with Gasteiger partial charge in [-0.15, -0.1) is 0 Å². The van der Waals surface area contributed by atoms with Gasteiger partial charge in [0.1, 0.15) is 6.33 Å². The van der Waals surface area contributed by atoms with Gasteiger partial charge in [-0.3, -0.25) is 10.1 Å². The lowest BCUT2D eigenvalue weighted by Gasteiger charge is -2.57. The number of unbranched alkanes of at least 4 members (excludes halogenated alkanes) is 1. The summed E-state index contributed by atoms with van der Waals surface area (Å²) in [6.45, 7) is 2.78. The van der Waals surface area contributed by atoms with E-state index in [-0.39, 0.29) is 16.1 Å². The van der Waals surface area contributed by atoms with Gasteiger partial charge in [0.25, 0.3) is 0 Å². The van der Waals surface area contributed by atoms with Crippen molar-refractivity contribution in [2.75, 3.05) is 17.2 Å². The van der Waals surface area contributed by atoms with Gasteiger partial charge in [-0.1, -0.05) is 13.3 Å². The molecule has 4 saturated carbocycles. The Morgan fingerprint density at radius 1 is 1.16 bits per heavy atom. The Kier molecular flexibility index (Phi) is 4.25. The number of hydrogen-bond acceptors (Lipinski definition) is 6. The Labute approximate surface area is 148 Å². The van der Waals surface area contributed by atoms with E-state index in [9.17, 15) is 10.1 Å².